The number of esters is 1. The summed E-state index contributed by atoms with van der Waals surface area (Å²) >= 11 is 1.55. The fourth-order valence-corrected chi connectivity index (χ4v) is 5.23. The maximum Gasteiger partial charge on any atom is 0.336 e. The van der Waals surface area contributed by atoms with Gasteiger partial charge in [-0.3, -0.25) is 4.79 Å². The lowest BCUT2D eigenvalue weighted by Gasteiger charge is -2.36. The van der Waals surface area contributed by atoms with Crippen molar-refractivity contribution in [2.45, 2.75) is 31.6 Å². The van der Waals surface area contributed by atoms with Gasteiger partial charge in [0, 0.05) is 34.2 Å². The van der Waals surface area contributed by atoms with Gasteiger partial charge < -0.3 is 14.8 Å². The molecule has 0 bridgehead atoms. The molecular weight excluding hydrogens is 386 g/mol. The van der Waals surface area contributed by atoms with Gasteiger partial charge in [-0.15, -0.1) is 11.3 Å². The van der Waals surface area contributed by atoms with Crippen molar-refractivity contribution in [3.63, 3.8) is 0 Å². The Bertz CT molecular complexity index is 1020. The first-order chi connectivity index (χ1) is 14.0. The third-order valence-electron chi connectivity index (χ3n) is 5.64. The Kier molecular flexibility index (Phi) is 5.28. The van der Waals surface area contributed by atoms with Gasteiger partial charge in [0.25, 0.3) is 0 Å². The van der Waals surface area contributed by atoms with Crippen LogP contribution >= 0.6 is 11.3 Å². The highest BCUT2D eigenvalue weighted by molar-refractivity contribution is 7.10. The van der Waals surface area contributed by atoms with Crippen molar-refractivity contribution < 1.29 is 19.1 Å². The molecule has 2 aromatic rings. The Balaban J connectivity index is 1.79. The van der Waals surface area contributed by atoms with Gasteiger partial charge in [-0.2, -0.15) is 0 Å². The highest BCUT2D eigenvalue weighted by atomic mass is 32.1. The van der Waals surface area contributed by atoms with Crippen molar-refractivity contribution in [3.8, 4) is 5.75 Å². The summed E-state index contributed by atoms with van der Waals surface area (Å²) in [6.45, 7) is 1.87. The molecule has 1 aromatic carbocycles. The molecule has 1 aromatic heterocycles. The molecule has 0 spiro atoms. The minimum absolute atomic E-state index is 0.0290. The summed E-state index contributed by atoms with van der Waals surface area (Å²) in [5.41, 5.74) is 3.86. The minimum Gasteiger partial charge on any atom is -0.496 e. The van der Waals surface area contributed by atoms with Gasteiger partial charge in [-0.05, 0) is 36.4 Å². The zero-order valence-corrected chi connectivity index (χ0v) is 17.5. The first-order valence-corrected chi connectivity index (χ1v) is 10.4. The highest BCUT2D eigenvalue weighted by Gasteiger charge is 2.42. The molecule has 1 aliphatic carbocycles. The number of thiophene rings is 1. The molecule has 2 aliphatic rings. The number of hydrogen-bond donors (Lipinski definition) is 1. The van der Waals surface area contributed by atoms with E-state index in [0.717, 1.165) is 27.6 Å². The van der Waals surface area contributed by atoms with E-state index >= 15 is 0 Å². The van der Waals surface area contributed by atoms with E-state index < -0.39 is 5.97 Å². The second kappa shape index (κ2) is 7.87. The predicted octanol–water partition coefficient (Wildman–Crippen LogP) is 4.29. The number of benzene rings is 1. The Labute approximate surface area is 174 Å². The third kappa shape index (κ3) is 3.38. The molecule has 2 heterocycles. The molecule has 1 N–H and O–H groups in total. The zero-order chi connectivity index (χ0) is 20.5. The lowest BCUT2D eigenvalue weighted by Crippen LogP contribution is -2.35. The average molecular weight is 410 g/mol. The Morgan fingerprint density at radius 3 is 2.62 bits per heavy atom. The smallest absolute Gasteiger partial charge is 0.336 e. The number of allylic oxidation sites excluding steroid dienone is 3. The van der Waals surface area contributed by atoms with E-state index in [4.69, 9.17) is 9.47 Å². The normalized spacial score (nSPS) is 21.6. The topological polar surface area (TPSA) is 64.6 Å². The summed E-state index contributed by atoms with van der Waals surface area (Å²) in [7, 11) is 3.02. The van der Waals surface area contributed by atoms with Crippen LogP contribution in [0.2, 0.25) is 0 Å². The summed E-state index contributed by atoms with van der Waals surface area (Å²) in [6, 6.07) is 11.8. The molecule has 4 rings (SSSR count). The van der Waals surface area contributed by atoms with Crippen LogP contribution in [-0.4, -0.2) is 26.0 Å². The van der Waals surface area contributed by atoms with E-state index in [-0.39, 0.29) is 17.6 Å². The monoisotopic (exact) mass is 409 g/mol. The van der Waals surface area contributed by atoms with Crippen molar-refractivity contribution in [3.05, 3.63) is 74.8 Å². The molecule has 0 saturated carbocycles. The molecular formula is C23H23NO4S. The minimum atomic E-state index is -0.403. The van der Waals surface area contributed by atoms with Gasteiger partial charge in [0.15, 0.2) is 5.78 Å². The van der Waals surface area contributed by atoms with Gasteiger partial charge in [-0.25, -0.2) is 4.79 Å². The van der Waals surface area contributed by atoms with Crippen LogP contribution < -0.4 is 10.1 Å². The van der Waals surface area contributed by atoms with Crippen LogP contribution in [0.1, 0.15) is 42.0 Å². The number of nitrogens with one attached hydrogen (secondary N) is 1. The summed E-state index contributed by atoms with van der Waals surface area (Å²) in [4.78, 5) is 26.9. The first kappa shape index (κ1) is 19.5. The maximum absolute atomic E-state index is 13.4. The third-order valence-corrected chi connectivity index (χ3v) is 6.58. The lowest BCUT2D eigenvalue weighted by molar-refractivity contribution is -0.136. The maximum atomic E-state index is 13.4. The van der Waals surface area contributed by atoms with Gasteiger partial charge in [0.05, 0.1) is 25.7 Å². The number of Topliss-reactive ketones (excluding diaryl/α,β-unsaturated/α-hetero) is 1. The Morgan fingerprint density at radius 2 is 1.93 bits per heavy atom. The molecule has 0 fully saturated rings. The summed E-state index contributed by atoms with van der Waals surface area (Å²) in [5.74, 6) is 0.0928. The average Bonchev–Trinajstić information content (AvgIpc) is 3.26. The molecule has 1 aliphatic heterocycles. The fraction of sp³-hybridized carbons (Fsp3) is 0.304. The Hall–Kier alpha value is -2.86. The van der Waals surface area contributed by atoms with Crippen LogP contribution in [0, 0.1) is 0 Å². The van der Waals surface area contributed by atoms with Crippen LogP contribution in [0.15, 0.2) is 64.3 Å². The molecule has 0 radical (unpaired) electrons. The number of ether oxygens (including phenoxy) is 2. The van der Waals surface area contributed by atoms with E-state index in [1.54, 1.807) is 18.4 Å². The molecule has 5 nitrogen and oxygen atoms in total. The van der Waals surface area contributed by atoms with Gasteiger partial charge in [0.1, 0.15) is 5.75 Å². The van der Waals surface area contributed by atoms with E-state index in [1.807, 2.05) is 48.7 Å². The molecule has 29 heavy (non-hydrogen) atoms. The number of dihydropyridines is 1. The van der Waals surface area contributed by atoms with Crippen molar-refractivity contribution in [2.24, 2.45) is 0 Å². The predicted molar refractivity (Wildman–Crippen MR) is 112 cm³/mol. The van der Waals surface area contributed by atoms with Crippen molar-refractivity contribution in [2.75, 3.05) is 14.2 Å². The number of para-hydroxylation sites is 1. The standard InChI is InChI=1S/C23H23NO4S/c1-13-20(23(26)28-3)22(19-9-6-10-29-19)21-16(24-13)11-14(12-17(21)25)15-7-4-5-8-18(15)27-2/h4-10,14,22,24H,11-12H2,1-3H3/t14-,22-/m1/s1. The van der Waals surface area contributed by atoms with Crippen molar-refractivity contribution >= 4 is 23.1 Å². The zero-order valence-electron chi connectivity index (χ0n) is 16.7. The van der Waals surface area contributed by atoms with E-state index in [9.17, 15) is 9.59 Å². The van der Waals surface area contributed by atoms with Crippen LogP contribution in [0.5, 0.6) is 5.75 Å². The Morgan fingerprint density at radius 1 is 1.14 bits per heavy atom. The largest absolute Gasteiger partial charge is 0.496 e. The van der Waals surface area contributed by atoms with Crippen LogP contribution in [-0.2, 0) is 14.3 Å². The molecule has 150 valence electrons. The van der Waals surface area contributed by atoms with Gasteiger partial charge in [0.2, 0.25) is 0 Å². The number of carbonyl (C=O) groups excluding carboxylic acids is 2. The summed E-state index contributed by atoms with van der Waals surface area (Å²) < 4.78 is 10.6. The summed E-state index contributed by atoms with van der Waals surface area (Å²) in [5, 5.41) is 5.31. The van der Waals surface area contributed by atoms with E-state index in [1.165, 1.54) is 7.11 Å². The van der Waals surface area contributed by atoms with Crippen LogP contribution in [0.25, 0.3) is 0 Å². The van der Waals surface area contributed by atoms with Crippen molar-refractivity contribution in [1.82, 2.24) is 5.32 Å². The SMILES string of the molecule is COC(=O)C1=C(C)NC2=C(C(=O)C[C@H](c3ccccc3OC)C2)[C@@H]1c1cccs1. The molecule has 2 atom stereocenters. The molecule has 0 amide bonds. The molecule has 6 heteroatoms. The van der Waals surface area contributed by atoms with Gasteiger partial charge in [-0.1, -0.05) is 24.3 Å². The number of rotatable bonds is 4. The van der Waals surface area contributed by atoms with Gasteiger partial charge >= 0.3 is 5.97 Å². The van der Waals surface area contributed by atoms with Crippen LogP contribution in [0.3, 0.4) is 0 Å². The van der Waals surface area contributed by atoms with E-state index in [2.05, 4.69) is 5.32 Å². The van der Waals surface area contributed by atoms with Crippen LogP contribution in [0.4, 0.5) is 0 Å². The number of carbonyl (C=O) groups is 2. The quantitative estimate of drug-likeness (QED) is 0.763. The fourth-order valence-electron chi connectivity index (χ4n) is 4.38. The van der Waals surface area contributed by atoms with Crippen molar-refractivity contribution in [1.29, 1.82) is 0 Å². The molecule has 0 saturated heterocycles. The number of ketones is 1. The first-order valence-electron chi connectivity index (χ1n) is 9.53. The number of methoxy groups -OCH3 is 2. The highest BCUT2D eigenvalue weighted by Crippen LogP contribution is 2.47. The summed E-state index contributed by atoms with van der Waals surface area (Å²) in [6.07, 6.45) is 1.07. The molecule has 0 unspecified atom stereocenters. The number of hydrogen-bond acceptors (Lipinski definition) is 6. The second-order valence-corrected chi connectivity index (χ2v) is 8.25. The lowest BCUT2D eigenvalue weighted by atomic mass is 9.73. The second-order valence-electron chi connectivity index (χ2n) is 7.27. The van der Waals surface area contributed by atoms with E-state index in [0.29, 0.717) is 24.0 Å².